The van der Waals surface area contributed by atoms with Crippen LogP contribution >= 0.6 is 0 Å². The number of esters is 1. The maximum atomic E-state index is 11.6. The third kappa shape index (κ3) is 25.1. The number of allylic oxidation sites excluding steroid dienone is 2. The number of hydrogen-bond donors (Lipinski definition) is 0. The minimum absolute atomic E-state index is 0.0967. The smallest absolute Gasteiger partial charge is 0.305 e. The molecule has 0 aliphatic rings. The first-order chi connectivity index (χ1) is 14.3. The molecule has 0 saturated carbocycles. The second kappa shape index (κ2) is 25.2. The van der Waals surface area contributed by atoms with Crippen LogP contribution in [0.2, 0.25) is 0 Å². The Balaban J connectivity index is 3.19. The Hall–Kier alpha value is -0.870. The number of rotatable bonds is 23. The molecule has 0 atom stereocenters. The second-order valence-electron chi connectivity index (χ2n) is 7.72. The molecule has 0 rings (SSSR count). The van der Waals surface area contributed by atoms with Crippen molar-refractivity contribution < 1.29 is 19.0 Å². The summed E-state index contributed by atoms with van der Waals surface area (Å²) < 4.78 is 15.8. The number of carbonyl (C=O) groups is 1. The summed E-state index contributed by atoms with van der Waals surface area (Å²) in [5, 5.41) is 0. The normalized spacial score (nSPS) is 11.4. The van der Waals surface area contributed by atoms with Gasteiger partial charge in [0.25, 0.3) is 0 Å². The van der Waals surface area contributed by atoms with Crippen molar-refractivity contribution in [2.45, 2.75) is 110 Å². The van der Waals surface area contributed by atoms with E-state index < -0.39 is 0 Å². The summed E-state index contributed by atoms with van der Waals surface area (Å²) in [6, 6.07) is 0. The van der Waals surface area contributed by atoms with Crippen LogP contribution in [0.5, 0.6) is 0 Å². The lowest BCUT2D eigenvalue weighted by Crippen LogP contribution is -2.11. The molecule has 0 spiro atoms. The SMILES string of the molecule is CCCCCCCC/C=C\CCCCCCCC(=O)OCCOCCCOCC. The lowest BCUT2D eigenvalue weighted by Gasteiger charge is -2.06. The van der Waals surface area contributed by atoms with Crippen LogP contribution in [0.25, 0.3) is 0 Å². The van der Waals surface area contributed by atoms with Gasteiger partial charge in [-0.2, -0.15) is 0 Å². The highest BCUT2D eigenvalue weighted by molar-refractivity contribution is 5.69. The highest BCUT2D eigenvalue weighted by Gasteiger charge is 2.02. The molecule has 0 aliphatic carbocycles. The van der Waals surface area contributed by atoms with Gasteiger partial charge in [0, 0.05) is 26.2 Å². The van der Waals surface area contributed by atoms with Crippen LogP contribution in [0.3, 0.4) is 0 Å². The first-order valence-electron chi connectivity index (χ1n) is 12.3. The van der Waals surface area contributed by atoms with Gasteiger partial charge in [0.2, 0.25) is 0 Å². The van der Waals surface area contributed by atoms with Crippen LogP contribution in [-0.4, -0.2) is 39.0 Å². The number of hydrogen-bond acceptors (Lipinski definition) is 4. The van der Waals surface area contributed by atoms with Gasteiger partial charge in [-0.15, -0.1) is 0 Å². The van der Waals surface area contributed by atoms with E-state index in [1.165, 1.54) is 70.6 Å². The van der Waals surface area contributed by atoms with Crippen molar-refractivity contribution in [2.24, 2.45) is 0 Å². The van der Waals surface area contributed by atoms with Crippen LogP contribution in [-0.2, 0) is 19.0 Å². The predicted octanol–water partition coefficient (Wildman–Crippen LogP) is 7.01. The van der Waals surface area contributed by atoms with Crippen LogP contribution in [0.1, 0.15) is 110 Å². The molecule has 172 valence electrons. The third-order valence-electron chi connectivity index (χ3n) is 4.91. The fourth-order valence-corrected chi connectivity index (χ4v) is 3.14. The summed E-state index contributed by atoms with van der Waals surface area (Å²) in [6.07, 6.45) is 22.6. The highest BCUT2D eigenvalue weighted by atomic mass is 16.6. The van der Waals surface area contributed by atoms with Crippen molar-refractivity contribution in [3.63, 3.8) is 0 Å². The van der Waals surface area contributed by atoms with Crippen molar-refractivity contribution in [1.29, 1.82) is 0 Å². The molecule has 0 aliphatic heterocycles. The average Bonchev–Trinajstić information content (AvgIpc) is 2.72. The average molecular weight is 413 g/mol. The van der Waals surface area contributed by atoms with Gasteiger partial charge in [0.15, 0.2) is 0 Å². The van der Waals surface area contributed by atoms with Crippen molar-refractivity contribution >= 4 is 5.97 Å². The third-order valence-corrected chi connectivity index (χ3v) is 4.91. The van der Waals surface area contributed by atoms with Gasteiger partial charge >= 0.3 is 5.97 Å². The minimum atomic E-state index is -0.0967. The van der Waals surface area contributed by atoms with E-state index in [0.717, 1.165) is 32.5 Å². The van der Waals surface area contributed by atoms with Crippen molar-refractivity contribution in [2.75, 3.05) is 33.0 Å². The minimum Gasteiger partial charge on any atom is -0.463 e. The summed E-state index contributed by atoms with van der Waals surface area (Å²) >= 11 is 0. The summed E-state index contributed by atoms with van der Waals surface area (Å²) in [6.45, 7) is 7.22. The van der Waals surface area contributed by atoms with Gasteiger partial charge in [-0.25, -0.2) is 0 Å². The van der Waals surface area contributed by atoms with E-state index in [2.05, 4.69) is 19.1 Å². The van der Waals surface area contributed by atoms with Gasteiger partial charge in [0.1, 0.15) is 6.61 Å². The fourth-order valence-electron chi connectivity index (χ4n) is 3.14. The molecule has 0 amide bonds. The Morgan fingerprint density at radius 3 is 1.86 bits per heavy atom. The van der Waals surface area contributed by atoms with E-state index >= 15 is 0 Å². The molecule has 0 fully saturated rings. The molecule has 0 unspecified atom stereocenters. The topological polar surface area (TPSA) is 44.8 Å². The van der Waals surface area contributed by atoms with Crippen molar-refractivity contribution in [3.05, 3.63) is 12.2 Å². The first kappa shape index (κ1) is 28.1. The predicted molar refractivity (Wildman–Crippen MR) is 122 cm³/mol. The number of carbonyl (C=O) groups excluding carboxylic acids is 1. The van der Waals surface area contributed by atoms with Gasteiger partial charge in [-0.05, 0) is 45.4 Å². The fraction of sp³-hybridized carbons (Fsp3) is 0.880. The zero-order valence-electron chi connectivity index (χ0n) is 19.4. The largest absolute Gasteiger partial charge is 0.463 e. The summed E-state index contributed by atoms with van der Waals surface area (Å²) in [5.74, 6) is -0.0967. The Morgan fingerprint density at radius 2 is 1.21 bits per heavy atom. The standard InChI is InChI=1S/C25H48O4/c1-3-5-6-7-8-9-10-11-12-13-14-15-16-17-18-20-25(26)29-24-23-28-22-19-21-27-4-2/h11-12H,3-10,13-24H2,1-2H3/b12-11-. The maximum absolute atomic E-state index is 11.6. The van der Waals surface area contributed by atoms with E-state index in [4.69, 9.17) is 14.2 Å². The zero-order valence-corrected chi connectivity index (χ0v) is 19.4. The lowest BCUT2D eigenvalue weighted by atomic mass is 10.1. The zero-order chi connectivity index (χ0) is 21.3. The molecule has 4 heteroatoms. The molecule has 29 heavy (non-hydrogen) atoms. The van der Waals surface area contributed by atoms with Crippen LogP contribution in [0, 0.1) is 0 Å². The number of unbranched alkanes of at least 4 members (excludes halogenated alkanes) is 11. The Morgan fingerprint density at radius 1 is 0.621 bits per heavy atom. The van der Waals surface area contributed by atoms with Crippen molar-refractivity contribution in [1.82, 2.24) is 0 Å². The van der Waals surface area contributed by atoms with E-state index in [-0.39, 0.29) is 5.97 Å². The van der Waals surface area contributed by atoms with Gasteiger partial charge in [0.05, 0.1) is 6.61 Å². The van der Waals surface area contributed by atoms with E-state index in [0.29, 0.717) is 26.2 Å². The molecular weight excluding hydrogens is 364 g/mol. The Labute approximate surface area is 180 Å². The molecule has 0 saturated heterocycles. The van der Waals surface area contributed by atoms with Crippen LogP contribution in [0.4, 0.5) is 0 Å². The molecule has 0 aromatic rings. The van der Waals surface area contributed by atoms with Crippen molar-refractivity contribution in [3.8, 4) is 0 Å². The second-order valence-corrected chi connectivity index (χ2v) is 7.72. The highest BCUT2D eigenvalue weighted by Crippen LogP contribution is 2.10. The first-order valence-corrected chi connectivity index (χ1v) is 12.3. The quantitative estimate of drug-likeness (QED) is 0.103. The molecule has 0 bridgehead atoms. The molecule has 4 nitrogen and oxygen atoms in total. The Kier molecular flexibility index (Phi) is 24.4. The van der Waals surface area contributed by atoms with E-state index in [1.54, 1.807) is 0 Å². The summed E-state index contributed by atoms with van der Waals surface area (Å²) in [4.78, 5) is 11.6. The summed E-state index contributed by atoms with van der Waals surface area (Å²) in [7, 11) is 0. The summed E-state index contributed by atoms with van der Waals surface area (Å²) in [5.41, 5.74) is 0. The van der Waals surface area contributed by atoms with Crippen LogP contribution in [0.15, 0.2) is 12.2 Å². The Bertz CT molecular complexity index is 355. The van der Waals surface area contributed by atoms with Crippen LogP contribution < -0.4 is 0 Å². The van der Waals surface area contributed by atoms with Gasteiger partial charge in [-0.3, -0.25) is 4.79 Å². The molecular formula is C25H48O4. The lowest BCUT2D eigenvalue weighted by molar-refractivity contribution is -0.145. The molecule has 0 aromatic carbocycles. The molecule has 0 heterocycles. The van der Waals surface area contributed by atoms with Gasteiger partial charge < -0.3 is 14.2 Å². The van der Waals surface area contributed by atoms with Gasteiger partial charge in [-0.1, -0.05) is 70.4 Å². The van der Waals surface area contributed by atoms with E-state index in [1.807, 2.05) is 6.92 Å². The molecule has 0 aromatic heterocycles. The monoisotopic (exact) mass is 412 g/mol. The maximum Gasteiger partial charge on any atom is 0.305 e. The molecule has 0 radical (unpaired) electrons. The van der Waals surface area contributed by atoms with E-state index in [9.17, 15) is 4.79 Å². The molecule has 0 N–H and O–H groups in total. The number of ether oxygens (including phenoxy) is 3.